The van der Waals surface area contributed by atoms with Crippen molar-refractivity contribution in [3.05, 3.63) is 47.3 Å². The van der Waals surface area contributed by atoms with Gasteiger partial charge in [-0.15, -0.1) is 0 Å². The number of rotatable bonds is 3. The molecule has 3 N–H and O–H groups in total. The lowest BCUT2D eigenvalue weighted by atomic mass is 10.1. The molecule has 0 spiro atoms. The number of methoxy groups -OCH3 is 1. The van der Waals surface area contributed by atoms with Crippen molar-refractivity contribution in [2.45, 2.75) is 13.0 Å². The molecule has 18 heavy (non-hydrogen) atoms. The van der Waals surface area contributed by atoms with Crippen molar-refractivity contribution >= 4 is 5.82 Å². The number of pyridine rings is 2. The first-order valence-corrected chi connectivity index (χ1v) is 5.53. The average Bonchev–Trinajstić information content (AvgIpc) is 2.41. The average molecular weight is 245 g/mol. The molecule has 0 bridgehead atoms. The number of aromatic nitrogens is 2. The van der Waals surface area contributed by atoms with Crippen LogP contribution in [0.1, 0.15) is 22.9 Å². The van der Waals surface area contributed by atoms with Crippen LogP contribution in [-0.2, 0) is 0 Å². The number of anilines is 1. The van der Waals surface area contributed by atoms with E-state index >= 15 is 0 Å². The molecule has 0 aromatic carbocycles. The Kier molecular flexibility index (Phi) is 3.43. The second-order valence-electron chi connectivity index (χ2n) is 3.99. The highest BCUT2D eigenvalue weighted by Crippen LogP contribution is 2.25. The molecular formula is C13H15N3O2. The summed E-state index contributed by atoms with van der Waals surface area (Å²) in [4.78, 5) is 8.21. The van der Waals surface area contributed by atoms with Crippen LogP contribution in [0, 0.1) is 6.92 Å². The first-order valence-electron chi connectivity index (χ1n) is 5.53. The predicted octanol–water partition coefficient (Wildman–Crippen LogP) is 1.46. The standard InChI is InChI=1S/C13H15N3O2/c1-8-6-9(13(14)15-7-8)12(17)10-4-3-5-11(16-10)18-2/h3-7,12,17H,1-2H3,(H2,14,15). The summed E-state index contributed by atoms with van der Waals surface area (Å²) in [5, 5.41) is 10.3. The van der Waals surface area contributed by atoms with Gasteiger partial charge in [-0.05, 0) is 24.6 Å². The number of ether oxygens (including phenoxy) is 1. The molecule has 0 aliphatic rings. The van der Waals surface area contributed by atoms with Gasteiger partial charge < -0.3 is 15.6 Å². The van der Waals surface area contributed by atoms with Crippen molar-refractivity contribution in [2.24, 2.45) is 0 Å². The number of aliphatic hydroxyl groups excluding tert-OH is 1. The molecule has 5 nitrogen and oxygen atoms in total. The number of aliphatic hydroxyl groups is 1. The van der Waals surface area contributed by atoms with Crippen molar-refractivity contribution in [1.29, 1.82) is 0 Å². The van der Waals surface area contributed by atoms with Gasteiger partial charge in [-0.1, -0.05) is 6.07 Å². The normalized spacial score (nSPS) is 12.2. The first-order chi connectivity index (χ1) is 8.61. The molecule has 2 rings (SSSR count). The molecule has 94 valence electrons. The minimum Gasteiger partial charge on any atom is -0.481 e. The van der Waals surface area contributed by atoms with Gasteiger partial charge in [0, 0.05) is 17.8 Å². The van der Waals surface area contributed by atoms with Crippen molar-refractivity contribution in [3.63, 3.8) is 0 Å². The van der Waals surface area contributed by atoms with E-state index in [-0.39, 0.29) is 0 Å². The second-order valence-corrected chi connectivity index (χ2v) is 3.99. The van der Waals surface area contributed by atoms with E-state index in [0.717, 1.165) is 5.56 Å². The van der Waals surface area contributed by atoms with Crippen LogP contribution in [0.5, 0.6) is 5.88 Å². The van der Waals surface area contributed by atoms with Crippen molar-refractivity contribution < 1.29 is 9.84 Å². The van der Waals surface area contributed by atoms with Gasteiger partial charge in [0.1, 0.15) is 11.9 Å². The maximum atomic E-state index is 10.3. The van der Waals surface area contributed by atoms with Crippen LogP contribution in [0.25, 0.3) is 0 Å². The highest BCUT2D eigenvalue weighted by molar-refractivity contribution is 5.45. The lowest BCUT2D eigenvalue weighted by molar-refractivity contribution is 0.214. The Morgan fingerprint density at radius 2 is 2.17 bits per heavy atom. The molecule has 0 aliphatic carbocycles. The summed E-state index contributed by atoms with van der Waals surface area (Å²) in [6.45, 7) is 1.89. The molecule has 0 saturated carbocycles. The molecular weight excluding hydrogens is 230 g/mol. The van der Waals surface area contributed by atoms with Crippen LogP contribution in [0.15, 0.2) is 30.5 Å². The molecule has 0 fully saturated rings. The van der Waals surface area contributed by atoms with Gasteiger partial charge in [0.25, 0.3) is 0 Å². The van der Waals surface area contributed by atoms with Crippen LogP contribution in [0.4, 0.5) is 5.82 Å². The Bertz CT molecular complexity index is 558. The summed E-state index contributed by atoms with van der Waals surface area (Å²) in [5.74, 6) is 0.753. The van der Waals surface area contributed by atoms with Gasteiger partial charge >= 0.3 is 0 Å². The largest absolute Gasteiger partial charge is 0.481 e. The van der Waals surface area contributed by atoms with E-state index in [1.54, 1.807) is 30.5 Å². The van der Waals surface area contributed by atoms with Gasteiger partial charge in [-0.3, -0.25) is 0 Å². The molecule has 5 heteroatoms. The number of nitrogens with zero attached hydrogens (tertiary/aromatic N) is 2. The smallest absolute Gasteiger partial charge is 0.213 e. The molecule has 0 radical (unpaired) electrons. The summed E-state index contributed by atoms with van der Waals surface area (Å²) in [6.07, 6.45) is 0.748. The fraction of sp³-hybridized carbons (Fsp3) is 0.231. The van der Waals surface area contributed by atoms with Gasteiger partial charge in [-0.25, -0.2) is 9.97 Å². The zero-order valence-electron chi connectivity index (χ0n) is 10.3. The molecule has 2 heterocycles. The third kappa shape index (κ3) is 2.41. The lowest BCUT2D eigenvalue weighted by Crippen LogP contribution is -2.08. The summed E-state index contributed by atoms with van der Waals surface area (Å²) < 4.78 is 5.03. The van der Waals surface area contributed by atoms with Crippen LogP contribution < -0.4 is 10.5 Å². The SMILES string of the molecule is COc1cccc(C(O)c2cc(C)cnc2N)n1. The number of nitrogen functional groups attached to an aromatic ring is 1. The fourth-order valence-electron chi connectivity index (χ4n) is 1.68. The molecule has 2 aromatic heterocycles. The molecule has 0 amide bonds. The molecule has 1 unspecified atom stereocenters. The topological polar surface area (TPSA) is 81.3 Å². The fourth-order valence-corrected chi connectivity index (χ4v) is 1.68. The first kappa shape index (κ1) is 12.3. The lowest BCUT2D eigenvalue weighted by Gasteiger charge is -2.13. The van der Waals surface area contributed by atoms with E-state index in [2.05, 4.69) is 9.97 Å². The summed E-state index contributed by atoms with van der Waals surface area (Å²) in [5.41, 5.74) is 7.73. The molecule has 0 aliphatic heterocycles. The van der Waals surface area contributed by atoms with Crippen molar-refractivity contribution in [1.82, 2.24) is 9.97 Å². The Balaban J connectivity index is 2.40. The number of hydrogen-bond acceptors (Lipinski definition) is 5. The van der Waals surface area contributed by atoms with Gasteiger partial charge in [0.2, 0.25) is 5.88 Å². The van der Waals surface area contributed by atoms with Crippen molar-refractivity contribution in [3.8, 4) is 5.88 Å². The van der Waals surface area contributed by atoms with E-state index in [4.69, 9.17) is 10.5 Å². The highest BCUT2D eigenvalue weighted by Gasteiger charge is 2.16. The second kappa shape index (κ2) is 5.01. The minimum absolute atomic E-state index is 0.303. The maximum absolute atomic E-state index is 10.3. The zero-order valence-corrected chi connectivity index (χ0v) is 10.3. The van der Waals surface area contributed by atoms with E-state index in [1.807, 2.05) is 6.92 Å². The zero-order chi connectivity index (χ0) is 13.1. The van der Waals surface area contributed by atoms with Gasteiger partial charge in [0.05, 0.1) is 12.8 Å². The number of hydrogen-bond donors (Lipinski definition) is 2. The summed E-state index contributed by atoms with van der Waals surface area (Å²) in [6, 6.07) is 7.00. The van der Waals surface area contributed by atoms with Crippen LogP contribution in [-0.4, -0.2) is 22.2 Å². The Labute approximate surface area is 105 Å². The summed E-state index contributed by atoms with van der Waals surface area (Å²) >= 11 is 0. The number of aryl methyl sites for hydroxylation is 1. The van der Waals surface area contributed by atoms with Gasteiger partial charge in [0.15, 0.2) is 0 Å². The van der Waals surface area contributed by atoms with E-state index in [0.29, 0.717) is 23.0 Å². The quantitative estimate of drug-likeness (QED) is 0.855. The van der Waals surface area contributed by atoms with Crippen LogP contribution >= 0.6 is 0 Å². The predicted molar refractivity (Wildman–Crippen MR) is 68.2 cm³/mol. The monoisotopic (exact) mass is 245 g/mol. The molecule has 2 aromatic rings. The minimum atomic E-state index is -0.910. The van der Waals surface area contributed by atoms with Gasteiger partial charge in [-0.2, -0.15) is 0 Å². The maximum Gasteiger partial charge on any atom is 0.213 e. The van der Waals surface area contributed by atoms with E-state index in [9.17, 15) is 5.11 Å². The van der Waals surface area contributed by atoms with Crippen molar-refractivity contribution in [2.75, 3.05) is 12.8 Å². The van der Waals surface area contributed by atoms with E-state index < -0.39 is 6.10 Å². The Morgan fingerprint density at radius 1 is 1.39 bits per heavy atom. The Hall–Kier alpha value is -2.14. The molecule has 1 atom stereocenters. The van der Waals surface area contributed by atoms with E-state index in [1.165, 1.54) is 7.11 Å². The summed E-state index contributed by atoms with van der Waals surface area (Å²) in [7, 11) is 1.53. The number of nitrogens with two attached hydrogens (primary N) is 1. The highest BCUT2D eigenvalue weighted by atomic mass is 16.5. The molecule has 0 saturated heterocycles. The van der Waals surface area contributed by atoms with Crippen LogP contribution in [0.2, 0.25) is 0 Å². The third-order valence-corrected chi connectivity index (χ3v) is 2.62. The van der Waals surface area contributed by atoms with Crippen LogP contribution in [0.3, 0.4) is 0 Å². The Morgan fingerprint density at radius 3 is 2.89 bits per heavy atom. The third-order valence-electron chi connectivity index (χ3n) is 2.62.